The van der Waals surface area contributed by atoms with Crippen molar-refractivity contribution in [3.8, 4) is 6.07 Å². The minimum absolute atomic E-state index is 0.372. The quantitative estimate of drug-likeness (QED) is 0.739. The summed E-state index contributed by atoms with van der Waals surface area (Å²) in [6.07, 6.45) is 5.31. The van der Waals surface area contributed by atoms with E-state index in [0.717, 1.165) is 24.9 Å². The highest BCUT2D eigenvalue weighted by Gasteiger charge is 2.18. The molecule has 2 aromatic carbocycles. The van der Waals surface area contributed by atoms with E-state index in [-0.39, 0.29) is 0 Å². The van der Waals surface area contributed by atoms with Crippen molar-refractivity contribution in [2.45, 2.75) is 25.2 Å². The highest BCUT2D eigenvalue weighted by atomic mass is 14.7. The van der Waals surface area contributed by atoms with Crippen molar-refractivity contribution in [1.29, 1.82) is 5.26 Å². The second-order valence-corrected chi connectivity index (χ2v) is 5.09. The number of hydrogen-bond acceptors (Lipinski definition) is 2. The SMILES string of the molecule is N#Cc1ccc(C2CCCC=Nc3ccccc32)cc1. The van der Waals surface area contributed by atoms with Gasteiger partial charge >= 0.3 is 0 Å². The van der Waals surface area contributed by atoms with Gasteiger partial charge in [-0.25, -0.2) is 0 Å². The van der Waals surface area contributed by atoms with E-state index in [9.17, 15) is 0 Å². The van der Waals surface area contributed by atoms with Gasteiger partial charge in [-0.3, -0.25) is 4.99 Å². The molecule has 0 aliphatic carbocycles. The van der Waals surface area contributed by atoms with E-state index in [1.165, 1.54) is 11.1 Å². The minimum Gasteiger partial charge on any atom is -0.261 e. The summed E-state index contributed by atoms with van der Waals surface area (Å²) in [7, 11) is 0. The molecule has 3 rings (SSSR count). The molecule has 1 heterocycles. The summed E-state index contributed by atoms with van der Waals surface area (Å²) in [5, 5.41) is 8.91. The topological polar surface area (TPSA) is 36.1 Å². The number of rotatable bonds is 1. The molecule has 98 valence electrons. The average Bonchev–Trinajstić information content (AvgIpc) is 2.49. The van der Waals surface area contributed by atoms with E-state index in [4.69, 9.17) is 5.26 Å². The van der Waals surface area contributed by atoms with Crippen LogP contribution in [-0.4, -0.2) is 6.21 Å². The second-order valence-electron chi connectivity index (χ2n) is 5.09. The van der Waals surface area contributed by atoms with Crippen LogP contribution < -0.4 is 0 Å². The largest absolute Gasteiger partial charge is 0.261 e. The van der Waals surface area contributed by atoms with Crippen molar-refractivity contribution in [1.82, 2.24) is 0 Å². The summed E-state index contributed by atoms with van der Waals surface area (Å²) in [4.78, 5) is 4.58. The fourth-order valence-electron chi connectivity index (χ4n) is 2.77. The van der Waals surface area contributed by atoms with Crippen LogP contribution in [0.1, 0.15) is 41.9 Å². The number of aliphatic imine (C=N–C) groups is 1. The molecule has 20 heavy (non-hydrogen) atoms. The standard InChI is InChI=1S/C18H16N2/c19-13-14-8-10-15(11-9-14)16-5-3-4-12-20-18-7-2-1-6-17(16)18/h1-2,6-12,16H,3-5H2. The normalized spacial score (nSPS) is 17.6. The number of hydrogen-bond donors (Lipinski definition) is 0. The van der Waals surface area contributed by atoms with Gasteiger partial charge in [0, 0.05) is 12.1 Å². The van der Waals surface area contributed by atoms with Crippen molar-refractivity contribution in [3.63, 3.8) is 0 Å². The molecule has 1 unspecified atom stereocenters. The van der Waals surface area contributed by atoms with Gasteiger partial charge < -0.3 is 0 Å². The molecule has 0 amide bonds. The van der Waals surface area contributed by atoms with Gasteiger partial charge in [-0.2, -0.15) is 5.26 Å². The van der Waals surface area contributed by atoms with Crippen LogP contribution in [0.5, 0.6) is 0 Å². The molecule has 0 radical (unpaired) electrons. The van der Waals surface area contributed by atoms with Crippen molar-refractivity contribution >= 4 is 11.9 Å². The van der Waals surface area contributed by atoms with Crippen LogP contribution in [0.25, 0.3) is 0 Å². The molecular weight excluding hydrogens is 244 g/mol. The van der Waals surface area contributed by atoms with Crippen LogP contribution in [0.2, 0.25) is 0 Å². The molecular formula is C18H16N2. The molecule has 2 aromatic rings. The van der Waals surface area contributed by atoms with Crippen molar-refractivity contribution in [2.75, 3.05) is 0 Å². The lowest BCUT2D eigenvalue weighted by molar-refractivity contribution is 0.677. The first-order valence-electron chi connectivity index (χ1n) is 7.00. The molecule has 0 spiro atoms. The van der Waals surface area contributed by atoms with Crippen molar-refractivity contribution in [3.05, 3.63) is 65.2 Å². The lowest BCUT2D eigenvalue weighted by atomic mass is 9.85. The van der Waals surface area contributed by atoms with Crippen LogP contribution in [0.4, 0.5) is 5.69 Å². The maximum Gasteiger partial charge on any atom is 0.0991 e. The Bertz CT molecular complexity index is 663. The van der Waals surface area contributed by atoms with Gasteiger partial charge in [0.25, 0.3) is 0 Å². The molecule has 0 bridgehead atoms. The van der Waals surface area contributed by atoms with Crippen LogP contribution in [0, 0.1) is 11.3 Å². The van der Waals surface area contributed by atoms with E-state index >= 15 is 0 Å². The Morgan fingerprint density at radius 3 is 2.65 bits per heavy atom. The van der Waals surface area contributed by atoms with Crippen molar-refractivity contribution < 1.29 is 0 Å². The molecule has 2 nitrogen and oxygen atoms in total. The molecule has 1 aliphatic rings. The average molecular weight is 260 g/mol. The number of nitrogens with zero attached hydrogens (tertiary/aromatic N) is 2. The van der Waals surface area contributed by atoms with Crippen LogP contribution >= 0.6 is 0 Å². The fourth-order valence-corrected chi connectivity index (χ4v) is 2.77. The number of benzene rings is 2. The van der Waals surface area contributed by atoms with Crippen LogP contribution in [0.3, 0.4) is 0 Å². The summed E-state index contributed by atoms with van der Waals surface area (Å²) in [6, 6.07) is 18.5. The molecule has 1 atom stereocenters. The molecule has 2 heteroatoms. The van der Waals surface area contributed by atoms with Gasteiger partial charge in [0.1, 0.15) is 0 Å². The zero-order chi connectivity index (χ0) is 13.8. The molecule has 1 aliphatic heterocycles. The predicted octanol–water partition coefficient (Wildman–Crippen LogP) is 4.58. The Balaban J connectivity index is 2.04. The first-order chi connectivity index (χ1) is 9.88. The first-order valence-corrected chi connectivity index (χ1v) is 7.00. The van der Waals surface area contributed by atoms with E-state index in [1.54, 1.807) is 0 Å². The second kappa shape index (κ2) is 5.71. The van der Waals surface area contributed by atoms with Crippen molar-refractivity contribution in [2.24, 2.45) is 4.99 Å². The van der Waals surface area contributed by atoms with Gasteiger partial charge in [0.15, 0.2) is 0 Å². The Morgan fingerprint density at radius 2 is 1.85 bits per heavy atom. The zero-order valence-electron chi connectivity index (χ0n) is 11.3. The monoisotopic (exact) mass is 260 g/mol. The lowest BCUT2D eigenvalue weighted by Crippen LogP contribution is -2.04. The molecule has 0 saturated heterocycles. The summed E-state index contributed by atoms with van der Waals surface area (Å²) in [5.74, 6) is 0.372. The Labute approximate surface area is 119 Å². The molecule has 0 N–H and O–H groups in total. The van der Waals surface area contributed by atoms with Gasteiger partial charge in [-0.1, -0.05) is 30.3 Å². The predicted molar refractivity (Wildman–Crippen MR) is 81.4 cm³/mol. The minimum atomic E-state index is 0.372. The van der Waals surface area contributed by atoms with Crippen LogP contribution in [-0.2, 0) is 0 Å². The van der Waals surface area contributed by atoms with Gasteiger partial charge in [-0.15, -0.1) is 0 Å². The Hall–Kier alpha value is -2.40. The molecule has 0 saturated carbocycles. The van der Waals surface area contributed by atoms with Gasteiger partial charge in [0.05, 0.1) is 17.3 Å². The van der Waals surface area contributed by atoms with E-state index in [1.807, 2.05) is 24.4 Å². The number of para-hydroxylation sites is 1. The number of nitriles is 1. The summed E-state index contributed by atoms with van der Waals surface area (Å²) in [6.45, 7) is 0. The molecule has 0 fully saturated rings. The zero-order valence-corrected chi connectivity index (χ0v) is 11.3. The third-order valence-corrected chi connectivity index (χ3v) is 3.81. The summed E-state index contributed by atoms with van der Waals surface area (Å²) in [5.41, 5.74) is 4.34. The van der Waals surface area contributed by atoms with Gasteiger partial charge in [-0.05, 0) is 48.6 Å². The highest BCUT2D eigenvalue weighted by Crippen LogP contribution is 2.36. The first kappa shape index (κ1) is 12.6. The maximum absolute atomic E-state index is 8.91. The van der Waals surface area contributed by atoms with Crippen LogP contribution in [0.15, 0.2) is 53.5 Å². The number of fused-ring (bicyclic) bond motifs is 1. The van der Waals surface area contributed by atoms with E-state index in [2.05, 4.69) is 41.4 Å². The summed E-state index contributed by atoms with van der Waals surface area (Å²) >= 11 is 0. The fraction of sp³-hybridized carbons (Fsp3) is 0.222. The lowest BCUT2D eigenvalue weighted by Gasteiger charge is -2.21. The van der Waals surface area contributed by atoms with Gasteiger partial charge in [0.2, 0.25) is 0 Å². The van der Waals surface area contributed by atoms with E-state index in [0.29, 0.717) is 11.5 Å². The summed E-state index contributed by atoms with van der Waals surface area (Å²) < 4.78 is 0. The molecule has 0 aromatic heterocycles. The Kier molecular flexibility index (Phi) is 3.60. The third kappa shape index (κ3) is 2.48. The maximum atomic E-state index is 8.91. The van der Waals surface area contributed by atoms with E-state index < -0.39 is 0 Å². The Morgan fingerprint density at radius 1 is 1.05 bits per heavy atom. The smallest absolute Gasteiger partial charge is 0.0991 e. The third-order valence-electron chi connectivity index (χ3n) is 3.81. The highest BCUT2D eigenvalue weighted by molar-refractivity contribution is 5.66.